The molecule has 0 N–H and O–H groups in total. The number of para-hydroxylation sites is 1. The van der Waals surface area contributed by atoms with Gasteiger partial charge in [-0.25, -0.2) is 4.98 Å². The molecular weight excluding hydrogens is 748 g/mol. The van der Waals surface area contributed by atoms with Crippen molar-refractivity contribution >= 4 is 21.8 Å². The van der Waals surface area contributed by atoms with E-state index in [1.807, 2.05) is 29.2 Å². The average molecular weight is 784 g/mol. The Morgan fingerprint density at radius 3 is 2.35 bits per heavy atom. The van der Waals surface area contributed by atoms with Crippen molar-refractivity contribution in [1.82, 2.24) is 19.3 Å². The van der Waals surface area contributed by atoms with E-state index < -0.39 is 0 Å². The molecule has 5 nitrogen and oxygen atoms in total. The Hall–Kier alpha value is -4.47. The Labute approximate surface area is 285 Å². The maximum atomic E-state index is 6.45. The fourth-order valence-electron chi connectivity index (χ4n) is 6.53. The molecule has 0 bridgehead atoms. The number of hydrogen-bond acceptors (Lipinski definition) is 3. The van der Waals surface area contributed by atoms with Crippen LogP contribution in [-0.4, -0.2) is 19.3 Å². The van der Waals surface area contributed by atoms with Crippen LogP contribution < -0.4 is 4.74 Å². The Morgan fingerprint density at radius 1 is 0.804 bits per heavy atom. The summed E-state index contributed by atoms with van der Waals surface area (Å²) >= 11 is 0. The average Bonchev–Trinajstić information content (AvgIpc) is 3.59. The number of nitrogens with zero attached hydrogens (tertiary/aromatic N) is 4. The molecule has 0 saturated heterocycles. The van der Waals surface area contributed by atoms with Gasteiger partial charge >= 0.3 is 21.1 Å². The quantitative estimate of drug-likeness (QED) is 0.151. The second kappa shape index (κ2) is 12.7. The summed E-state index contributed by atoms with van der Waals surface area (Å²) in [4.78, 5) is 4.78. The van der Waals surface area contributed by atoms with E-state index in [2.05, 4.69) is 125 Å². The molecule has 0 fully saturated rings. The van der Waals surface area contributed by atoms with Gasteiger partial charge in [0.25, 0.3) is 0 Å². The Kier molecular flexibility index (Phi) is 8.72. The fraction of sp³-hybridized carbons (Fsp3) is 0.200. The summed E-state index contributed by atoms with van der Waals surface area (Å²) in [7, 11) is 0. The van der Waals surface area contributed by atoms with Crippen LogP contribution in [0.15, 0.2) is 91.4 Å². The molecule has 4 aromatic carbocycles. The van der Waals surface area contributed by atoms with Crippen LogP contribution in [0.3, 0.4) is 0 Å². The molecule has 3 heterocycles. The molecule has 0 atom stereocenters. The van der Waals surface area contributed by atoms with Gasteiger partial charge in [0, 0.05) is 35.0 Å². The number of aryl methyl sites for hydroxylation is 4. The van der Waals surface area contributed by atoms with Gasteiger partial charge in [-0.2, -0.15) is 16.7 Å². The second-order valence-electron chi connectivity index (χ2n) is 12.5. The monoisotopic (exact) mass is 783 g/mol. The molecule has 7 rings (SSSR count). The number of hydrogen-bond donors (Lipinski definition) is 0. The minimum Gasteiger partial charge on any atom is -0.509 e. The summed E-state index contributed by atoms with van der Waals surface area (Å²) in [6, 6.07) is 32.3. The van der Waals surface area contributed by atoms with E-state index in [1.165, 1.54) is 27.8 Å². The normalized spacial score (nSPS) is 11.4. The van der Waals surface area contributed by atoms with Crippen LogP contribution in [0.2, 0.25) is 0 Å². The van der Waals surface area contributed by atoms with Gasteiger partial charge in [0.15, 0.2) is 0 Å². The Balaban J connectivity index is 0.00000372. The number of aromatic nitrogens is 4. The summed E-state index contributed by atoms with van der Waals surface area (Å²) in [5, 5.41) is 6.97. The maximum absolute atomic E-state index is 6.45. The Bertz CT molecular complexity index is 2180. The topological polar surface area (TPSA) is 44.9 Å². The van der Waals surface area contributed by atoms with Crippen molar-refractivity contribution < 1.29 is 25.8 Å². The van der Waals surface area contributed by atoms with Gasteiger partial charge in [-0.1, -0.05) is 62.2 Å². The summed E-state index contributed by atoms with van der Waals surface area (Å²) in [6.45, 7) is 13.0. The molecule has 0 unspecified atom stereocenters. The van der Waals surface area contributed by atoms with Gasteiger partial charge in [0.05, 0.1) is 6.20 Å². The van der Waals surface area contributed by atoms with E-state index in [-0.39, 0.29) is 21.1 Å². The summed E-state index contributed by atoms with van der Waals surface area (Å²) < 4.78 is 10.5. The molecule has 7 aromatic rings. The minimum atomic E-state index is 0. The zero-order valence-corrected chi connectivity index (χ0v) is 29.2. The predicted molar refractivity (Wildman–Crippen MR) is 183 cm³/mol. The van der Waals surface area contributed by atoms with Crippen molar-refractivity contribution in [2.75, 3.05) is 0 Å². The minimum absolute atomic E-state index is 0. The van der Waals surface area contributed by atoms with Gasteiger partial charge in [-0.15, -0.1) is 35.7 Å². The molecule has 46 heavy (non-hydrogen) atoms. The first kappa shape index (κ1) is 31.5. The van der Waals surface area contributed by atoms with Gasteiger partial charge in [-0.05, 0) is 84.6 Å². The van der Waals surface area contributed by atoms with E-state index >= 15 is 0 Å². The zero-order valence-electron chi connectivity index (χ0n) is 27.0. The molecule has 0 amide bonds. The van der Waals surface area contributed by atoms with Crippen molar-refractivity contribution in [3.8, 4) is 34.1 Å². The fourth-order valence-corrected chi connectivity index (χ4v) is 6.53. The predicted octanol–water partition coefficient (Wildman–Crippen LogP) is 9.85. The first-order valence-corrected chi connectivity index (χ1v) is 15.5. The molecule has 0 aliphatic carbocycles. The second-order valence-corrected chi connectivity index (χ2v) is 12.5. The van der Waals surface area contributed by atoms with Crippen molar-refractivity contribution in [3.05, 3.63) is 131 Å². The van der Waals surface area contributed by atoms with Gasteiger partial charge in [0.2, 0.25) is 0 Å². The third-order valence-corrected chi connectivity index (χ3v) is 8.23. The van der Waals surface area contributed by atoms with Crippen LogP contribution in [0.25, 0.3) is 44.4 Å². The number of rotatable bonds is 7. The number of ether oxygens (including phenoxy) is 1. The molecular formula is C40H36N4OPt. The maximum Gasteiger partial charge on any atom is 2.00 e. The molecule has 232 valence electrons. The van der Waals surface area contributed by atoms with Crippen LogP contribution in [0.5, 0.6) is 11.5 Å². The molecule has 6 heteroatoms. The standard InChI is InChI=1S/C40H36N4O.Pt/c1-25(2)15-30-13-14-41-39(20-30)44-37-10-8-7-9-35(37)36-12-11-33(22-38(36)44)45-34-19-27(4)18-32(21-34)43-24-31(23-42-43)40-28(5)16-26(3)17-29(40)6;/h7-14,16-20,23-25H,15H2,1-6H3;/q-2;+2. The largest absolute Gasteiger partial charge is 2.00 e. The van der Waals surface area contributed by atoms with Crippen molar-refractivity contribution in [2.24, 2.45) is 5.92 Å². The Morgan fingerprint density at radius 2 is 1.57 bits per heavy atom. The zero-order chi connectivity index (χ0) is 31.2. The van der Waals surface area contributed by atoms with Gasteiger partial charge in [0.1, 0.15) is 5.82 Å². The van der Waals surface area contributed by atoms with E-state index in [9.17, 15) is 0 Å². The number of pyridine rings is 1. The smallest absolute Gasteiger partial charge is 0.509 e. The summed E-state index contributed by atoms with van der Waals surface area (Å²) in [6.07, 6.45) is 6.89. The van der Waals surface area contributed by atoms with Crippen LogP contribution >= 0.6 is 0 Å². The van der Waals surface area contributed by atoms with Crippen LogP contribution in [0, 0.1) is 45.7 Å². The van der Waals surface area contributed by atoms with Crippen LogP contribution in [0.1, 0.15) is 41.7 Å². The SMILES string of the molecule is Cc1cc(Oc2[c-]c3c(cc2)c2ccccc2n3-c2cc(CC(C)C)ccn2)[c-]c(-n2cc(-c3c(C)cc(C)cc3C)cn2)c1.[Pt+2]. The van der Waals surface area contributed by atoms with Gasteiger partial charge in [-0.3, -0.25) is 4.68 Å². The molecule has 0 radical (unpaired) electrons. The van der Waals surface area contributed by atoms with Crippen LogP contribution in [-0.2, 0) is 27.5 Å². The molecule has 0 aliphatic rings. The molecule has 0 spiro atoms. The number of fused-ring (bicyclic) bond motifs is 3. The van der Waals surface area contributed by atoms with Crippen molar-refractivity contribution in [1.29, 1.82) is 0 Å². The van der Waals surface area contributed by atoms with E-state index in [4.69, 9.17) is 14.8 Å². The van der Waals surface area contributed by atoms with E-state index in [1.54, 1.807) is 0 Å². The summed E-state index contributed by atoms with van der Waals surface area (Å²) in [5.41, 5.74) is 11.2. The third-order valence-electron chi connectivity index (χ3n) is 8.23. The number of benzene rings is 4. The van der Waals surface area contributed by atoms with Crippen molar-refractivity contribution in [3.63, 3.8) is 0 Å². The summed E-state index contributed by atoms with van der Waals surface area (Å²) in [5.74, 6) is 2.67. The first-order chi connectivity index (χ1) is 21.7. The first-order valence-electron chi connectivity index (χ1n) is 15.5. The molecule has 0 saturated carbocycles. The van der Waals surface area contributed by atoms with E-state index in [0.717, 1.165) is 50.9 Å². The molecule has 0 aliphatic heterocycles. The van der Waals surface area contributed by atoms with Gasteiger partial charge < -0.3 is 9.30 Å². The van der Waals surface area contributed by atoms with Crippen LogP contribution in [0.4, 0.5) is 0 Å². The van der Waals surface area contributed by atoms with Crippen molar-refractivity contribution in [2.45, 2.75) is 48.0 Å². The molecule has 3 aromatic heterocycles. The third kappa shape index (κ3) is 6.04. The van der Waals surface area contributed by atoms with E-state index in [0.29, 0.717) is 17.4 Å².